The Morgan fingerprint density at radius 3 is 2.71 bits per heavy atom. The molecule has 0 bridgehead atoms. The monoisotopic (exact) mass is 219 g/mol. The Morgan fingerprint density at radius 1 is 1.64 bits per heavy atom. The van der Waals surface area contributed by atoms with Gasteiger partial charge in [-0.15, -0.1) is 0 Å². The maximum Gasteiger partial charge on any atom is 0.249 e. The van der Waals surface area contributed by atoms with E-state index in [0.717, 1.165) is 5.41 Å². The highest BCUT2D eigenvalue weighted by Crippen LogP contribution is 2.07. The maximum atomic E-state index is 11.3. The van der Waals surface area contributed by atoms with E-state index in [9.17, 15) is 13.2 Å². The molecule has 80 valence electrons. The molecule has 6 heteroatoms. The summed E-state index contributed by atoms with van der Waals surface area (Å²) in [6.45, 7) is 1.60. The molecule has 1 rings (SSSR count). The van der Waals surface area contributed by atoms with Crippen molar-refractivity contribution in [2.45, 2.75) is 19.1 Å². The molecule has 2 unspecified atom stereocenters. The zero-order valence-electron chi connectivity index (χ0n) is 8.06. The Balaban J connectivity index is 2.49. The summed E-state index contributed by atoms with van der Waals surface area (Å²) in [5, 5.41) is 3.68. The fraction of sp³-hybridized carbons (Fsp3) is 0.625. The summed E-state index contributed by atoms with van der Waals surface area (Å²) in [4.78, 5) is 11.3. The van der Waals surface area contributed by atoms with Crippen LogP contribution in [0, 0.1) is 0 Å². The van der Waals surface area contributed by atoms with Crippen LogP contribution in [0.5, 0.6) is 0 Å². The van der Waals surface area contributed by atoms with Crippen molar-refractivity contribution < 1.29 is 17.9 Å². The lowest BCUT2D eigenvalue weighted by molar-refractivity contribution is -0.130. The lowest BCUT2D eigenvalue weighted by Gasteiger charge is -2.13. The van der Waals surface area contributed by atoms with Gasteiger partial charge in [0.2, 0.25) is 5.91 Å². The molecule has 1 amide bonds. The van der Waals surface area contributed by atoms with E-state index in [1.165, 1.54) is 13.2 Å². The van der Waals surface area contributed by atoms with Crippen LogP contribution in [0.2, 0.25) is 0 Å². The SMILES string of the molecule is COC(C)C(=O)NC1C=CS(=O)(=O)C1. The lowest BCUT2D eigenvalue weighted by atomic mass is 10.3. The molecule has 0 aromatic heterocycles. The van der Waals surface area contributed by atoms with Crippen molar-refractivity contribution in [1.29, 1.82) is 0 Å². The minimum atomic E-state index is -3.11. The molecule has 1 aliphatic rings. The number of carbonyl (C=O) groups is 1. The highest BCUT2D eigenvalue weighted by atomic mass is 32.2. The lowest BCUT2D eigenvalue weighted by Crippen LogP contribution is -2.41. The summed E-state index contributed by atoms with van der Waals surface area (Å²) in [6.07, 6.45) is 0.905. The van der Waals surface area contributed by atoms with E-state index in [1.54, 1.807) is 6.92 Å². The number of rotatable bonds is 3. The highest BCUT2D eigenvalue weighted by Gasteiger charge is 2.24. The Morgan fingerprint density at radius 2 is 2.29 bits per heavy atom. The van der Waals surface area contributed by atoms with E-state index < -0.39 is 22.0 Å². The van der Waals surface area contributed by atoms with Crippen molar-refractivity contribution in [1.82, 2.24) is 5.32 Å². The molecule has 0 saturated carbocycles. The van der Waals surface area contributed by atoms with Crippen molar-refractivity contribution in [2.24, 2.45) is 0 Å². The molecule has 5 nitrogen and oxygen atoms in total. The van der Waals surface area contributed by atoms with Gasteiger partial charge >= 0.3 is 0 Å². The van der Waals surface area contributed by atoms with Gasteiger partial charge in [-0.2, -0.15) is 0 Å². The Labute approximate surface area is 83.0 Å². The minimum Gasteiger partial charge on any atom is -0.372 e. The van der Waals surface area contributed by atoms with Crippen molar-refractivity contribution in [3.63, 3.8) is 0 Å². The third kappa shape index (κ3) is 2.81. The number of ether oxygens (including phenoxy) is 1. The Hall–Kier alpha value is -0.880. The van der Waals surface area contributed by atoms with Crippen molar-refractivity contribution in [3.8, 4) is 0 Å². The second-order valence-electron chi connectivity index (χ2n) is 3.15. The van der Waals surface area contributed by atoms with E-state index in [1.807, 2.05) is 0 Å². The van der Waals surface area contributed by atoms with Gasteiger partial charge in [0.25, 0.3) is 0 Å². The van der Waals surface area contributed by atoms with Gasteiger partial charge in [0.15, 0.2) is 9.84 Å². The molecule has 0 aliphatic carbocycles. The summed E-state index contributed by atoms with van der Waals surface area (Å²) < 4.78 is 26.8. The molecule has 1 heterocycles. The number of methoxy groups -OCH3 is 1. The van der Waals surface area contributed by atoms with Gasteiger partial charge in [-0.25, -0.2) is 8.42 Å². The van der Waals surface area contributed by atoms with E-state index in [2.05, 4.69) is 5.32 Å². The van der Waals surface area contributed by atoms with Crippen LogP contribution in [0.3, 0.4) is 0 Å². The summed E-state index contributed by atoms with van der Waals surface area (Å²) >= 11 is 0. The van der Waals surface area contributed by atoms with E-state index in [4.69, 9.17) is 4.74 Å². The molecule has 0 fully saturated rings. The molecule has 14 heavy (non-hydrogen) atoms. The fourth-order valence-electron chi connectivity index (χ4n) is 1.07. The van der Waals surface area contributed by atoms with Crippen molar-refractivity contribution in [2.75, 3.05) is 12.9 Å². The molecule has 0 spiro atoms. The van der Waals surface area contributed by atoms with Crippen LogP contribution in [0.4, 0.5) is 0 Å². The number of carbonyl (C=O) groups excluding carboxylic acids is 1. The first-order chi connectivity index (χ1) is 6.44. The molecule has 0 aromatic rings. The molecule has 2 atom stereocenters. The normalized spacial score (nSPS) is 26.0. The van der Waals surface area contributed by atoms with Gasteiger partial charge in [-0.3, -0.25) is 4.79 Å². The highest BCUT2D eigenvalue weighted by molar-refractivity contribution is 7.94. The van der Waals surface area contributed by atoms with Crippen molar-refractivity contribution >= 4 is 15.7 Å². The van der Waals surface area contributed by atoms with E-state index in [0.29, 0.717) is 0 Å². The smallest absolute Gasteiger partial charge is 0.249 e. The summed E-state index contributed by atoms with van der Waals surface area (Å²) in [5.74, 6) is -0.367. The van der Waals surface area contributed by atoms with Gasteiger partial charge in [-0.1, -0.05) is 0 Å². The van der Waals surface area contributed by atoms with Crippen LogP contribution in [-0.4, -0.2) is 39.3 Å². The zero-order chi connectivity index (χ0) is 10.8. The van der Waals surface area contributed by atoms with Crippen LogP contribution in [0.15, 0.2) is 11.5 Å². The van der Waals surface area contributed by atoms with Crippen LogP contribution >= 0.6 is 0 Å². The summed E-state index contributed by atoms with van der Waals surface area (Å²) in [5.41, 5.74) is 0. The molecular formula is C8H13NO4S. The number of hydrogen-bond donors (Lipinski definition) is 1. The zero-order valence-corrected chi connectivity index (χ0v) is 8.87. The molecule has 0 radical (unpaired) electrons. The molecule has 1 aliphatic heterocycles. The molecule has 0 aromatic carbocycles. The second kappa shape index (κ2) is 4.10. The first-order valence-electron chi connectivity index (χ1n) is 4.19. The van der Waals surface area contributed by atoms with Gasteiger partial charge in [0, 0.05) is 12.5 Å². The quantitative estimate of drug-likeness (QED) is 0.691. The van der Waals surface area contributed by atoms with Crippen LogP contribution in [0.1, 0.15) is 6.92 Å². The van der Waals surface area contributed by atoms with Crippen molar-refractivity contribution in [3.05, 3.63) is 11.5 Å². The number of hydrogen-bond acceptors (Lipinski definition) is 4. The standard InChI is InChI=1S/C8H13NO4S/c1-6(13-2)8(10)9-7-3-4-14(11,12)5-7/h3-4,6-7H,5H2,1-2H3,(H,9,10). The molecule has 1 N–H and O–H groups in total. The Kier molecular flexibility index (Phi) is 3.28. The van der Waals surface area contributed by atoms with E-state index in [-0.39, 0.29) is 11.7 Å². The number of nitrogens with one attached hydrogen (secondary N) is 1. The second-order valence-corrected chi connectivity index (χ2v) is 5.08. The summed E-state index contributed by atoms with van der Waals surface area (Å²) in [6, 6.07) is -0.426. The summed E-state index contributed by atoms with van der Waals surface area (Å²) in [7, 11) is -1.69. The maximum absolute atomic E-state index is 11.3. The third-order valence-electron chi connectivity index (χ3n) is 1.98. The average molecular weight is 219 g/mol. The number of sulfone groups is 1. The predicted octanol–water partition coefficient (Wildman–Crippen LogP) is -0.552. The van der Waals surface area contributed by atoms with Gasteiger partial charge in [-0.05, 0) is 13.0 Å². The van der Waals surface area contributed by atoms with E-state index >= 15 is 0 Å². The first kappa shape index (κ1) is 11.2. The minimum absolute atomic E-state index is 0.0603. The van der Waals surface area contributed by atoms with Gasteiger partial charge in [0.1, 0.15) is 6.10 Å². The Bertz CT molecular complexity index is 346. The number of amides is 1. The van der Waals surface area contributed by atoms with Gasteiger partial charge in [0.05, 0.1) is 11.8 Å². The van der Waals surface area contributed by atoms with Crippen LogP contribution in [0.25, 0.3) is 0 Å². The van der Waals surface area contributed by atoms with Crippen LogP contribution < -0.4 is 5.32 Å². The largest absolute Gasteiger partial charge is 0.372 e. The first-order valence-corrected chi connectivity index (χ1v) is 5.90. The predicted molar refractivity (Wildman–Crippen MR) is 51.3 cm³/mol. The van der Waals surface area contributed by atoms with Crippen LogP contribution in [-0.2, 0) is 19.4 Å². The molecular weight excluding hydrogens is 206 g/mol. The third-order valence-corrected chi connectivity index (χ3v) is 3.38. The average Bonchev–Trinajstić information content (AvgIpc) is 2.44. The van der Waals surface area contributed by atoms with Gasteiger partial charge < -0.3 is 10.1 Å². The molecule has 0 saturated heterocycles. The topological polar surface area (TPSA) is 72.5 Å². The fourth-order valence-corrected chi connectivity index (χ4v) is 2.31.